The number of para-hydroxylation sites is 1. The van der Waals surface area contributed by atoms with Crippen molar-refractivity contribution >= 4 is 29.0 Å². The zero-order valence-electron chi connectivity index (χ0n) is 17.8. The van der Waals surface area contributed by atoms with Crippen LogP contribution in [0.4, 0.5) is 16.2 Å². The molecule has 0 atom stereocenters. The van der Waals surface area contributed by atoms with Crippen molar-refractivity contribution in [2.24, 2.45) is 5.73 Å². The fraction of sp³-hybridized carbons (Fsp3) is 0.292. The van der Waals surface area contributed by atoms with Gasteiger partial charge in [-0.3, -0.25) is 4.90 Å². The summed E-state index contributed by atoms with van der Waals surface area (Å²) in [6.07, 6.45) is 3.20. The second kappa shape index (κ2) is 9.26. The Morgan fingerprint density at radius 2 is 1.70 bits per heavy atom. The van der Waals surface area contributed by atoms with Gasteiger partial charge < -0.3 is 5.73 Å². The fourth-order valence-corrected chi connectivity index (χ4v) is 3.76. The molecule has 0 saturated heterocycles. The second-order valence-electron chi connectivity index (χ2n) is 7.40. The van der Waals surface area contributed by atoms with E-state index in [1.54, 1.807) is 6.20 Å². The molecule has 0 aliphatic heterocycles. The topological polar surface area (TPSA) is 72.1 Å². The van der Waals surface area contributed by atoms with E-state index in [1.807, 2.05) is 56.3 Å². The predicted octanol–water partition coefficient (Wildman–Crippen LogP) is 6.26. The van der Waals surface area contributed by atoms with Gasteiger partial charge in [-0.2, -0.15) is 0 Å². The summed E-state index contributed by atoms with van der Waals surface area (Å²) in [4.78, 5) is 23.6. The number of nitrogens with two attached hydrogens (primary N) is 1. The highest BCUT2D eigenvalue weighted by molar-refractivity contribution is 6.33. The average Bonchev–Trinajstić information content (AvgIpc) is 2.74. The highest BCUT2D eigenvalue weighted by atomic mass is 35.5. The smallest absolute Gasteiger partial charge is 0.324 e. The Bertz CT molecular complexity index is 1040. The number of hydrogen-bond acceptors (Lipinski definition) is 3. The van der Waals surface area contributed by atoms with E-state index in [-0.39, 0.29) is 5.92 Å². The average molecular weight is 423 g/mol. The fourth-order valence-electron chi connectivity index (χ4n) is 3.53. The van der Waals surface area contributed by atoms with Gasteiger partial charge >= 0.3 is 6.03 Å². The van der Waals surface area contributed by atoms with Gasteiger partial charge in [-0.15, -0.1) is 0 Å². The Hall–Kier alpha value is -2.92. The number of hydrogen-bond donors (Lipinski definition) is 1. The molecule has 2 aromatic carbocycles. The third-order valence-corrected chi connectivity index (χ3v) is 5.41. The van der Waals surface area contributed by atoms with Crippen LogP contribution in [0, 0.1) is 0 Å². The zero-order valence-corrected chi connectivity index (χ0v) is 18.6. The molecule has 5 nitrogen and oxygen atoms in total. The minimum Gasteiger partial charge on any atom is -0.351 e. The minimum absolute atomic E-state index is 0.122. The van der Waals surface area contributed by atoms with E-state index in [0.29, 0.717) is 22.2 Å². The molecule has 30 heavy (non-hydrogen) atoms. The van der Waals surface area contributed by atoms with E-state index in [1.165, 1.54) is 4.90 Å². The van der Waals surface area contributed by atoms with Crippen LogP contribution in [0.3, 0.4) is 0 Å². The van der Waals surface area contributed by atoms with Crippen molar-refractivity contribution in [1.82, 2.24) is 9.97 Å². The molecule has 0 spiro atoms. The maximum atomic E-state index is 12.8. The van der Waals surface area contributed by atoms with Gasteiger partial charge in [0.2, 0.25) is 0 Å². The Morgan fingerprint density at radius 3 is 2.23 bits per heavy atom. The Morgan fingerprint density at radius 1 is 1.07 bits per heavy atom. The second-order valence-corrected chi connectivity index (χ2v) is 7.81. The molecule has 0 radical (unpaired) electrons. The van der Waals surface area contributed by atoms with E-state index >= 15 is 0 Å². The number of benzene rings is 2. The molecule has 2 N–H and O–H groups in total. The number of anilines is 2. The quantitative estimate of drug-likeness (QED) is 0.509. The molecule has 1 heterocycles. The lowest BCUT2D eigenvalue weighted by atomic mass is 10.0. The predicted molar refractivity (Wildman–Crippen MR) is 123 cm³/mol. The molecule has 1 aromatic heterocycles. The lowest BCUT2D eigenvalue weighted by molar-refractivity contribution is 0.256. The molecule has 3 aromatic rings. The third-order valence-electron chi connectivity index (χ3n) is 5.08. The van der Waals surface area contributed by atoms with Gasteiger partial charge in [0.1, 0.15) is 5.82 Å². The largest absolute Gasteiger partial charge is 0.351 e. The molecule has 0 saturated carbocycles. The number of nitrogens with zero attached hydrogens (tertiary/aromatic N) is 3. The van der Waals surface area contributed by atoms with Crippen LogP contribution < -0.4 is 10.6 Å². The molecule has 2 amide bonds. The van der Waals surface area contributed by atoms with E-state index in [4.69, 9.17) is 22.3 Å². The van der Waals surface area contributed by atoms with Crippen LogP contribution in [0.2, 0.25) is 5.02 Å². The number of rotatable bonds is 6. The van der Waals surface area contributed by atoms with Crippen molar-refractivity contribution in [2.75, 3.05) is 4.90 Å². The SMILES string of the molecule is CCc1cccc(CC)c1N(C(N)=O)c1cnc(C(C)C)nc1-c1ccccc1Cl. The first-order valence-electron chi connectivity index (χ1n) is 10.2. The summed E-state index contributed by atoms with van der Waals surface area (Å²) in [5, 5.41) is 0.552. The summed E-state index contributed by atoms with van der Waals surface area (Å²) in [5.41, 5.74) is 10.6. The van der Waals surface area contributed by atoms with Crippen molar-refractivity contribution in [3.8, 4) is 11.3 Å². The molecule has 6 heteroatoms. The van der Waals surface area contributed by atoms with Crippen LogP contribution in [0.25, 0.3) is 11.3 Å². The summed E-state index contributed by atoms with van der Waals surface area (Å²) in [7, 11) is 0. The van der Waals surface area contributed by atoms with Crippen LogP contribution >= 0.6 is 11.6 Å². The summed E-state index contributed by atoms with van der Waals surface area (Å²) in [6, 6.07) is 12.9. The first kappa shape index (κ1) is 21.8. The van der Waals surface area contributed by atoms with Gasteiger partial charge in [0, 0.05) is 11.5 Å². The first-order valence-corrected chi connectivity index (χ1v) is 10.6. The lowest BCUT2D eigenvalue weighted by Gasteiger charge is -2.27. The summed E-state index contributed by atoms with van der Waals surface area (Å²) >= 11 is 6.51. The molecule has 3 rings (SSSR count). The number of urea groups is 1. The van der Waals surface area contributed by atoms with Gasteiger partial charge in [-0.25, -0.2) is 14.8 Å². The van der Waals surface area contributed by atoms with Gasteiger partial charge in [0.15, 0.2) is 0 Å². The summed E-state index contributed by atoms with van der Waals surface area (Å²) in [5.74, 6) is 0.800. The Labute approximate surface area is 182 Å². The number of aromatic nitrogens is 2. The maximum absolute atomic E-state index is 12.8. The van der Waals surface area contributed by atoms with E-state index in [9.17, 15) is 4.79 Å². The van der Waals surface area contributed by atoms with Gasteiger partial charge in [0.05, 0.1) is 28.3 Å². The number of aryl methyl sites for hydroxylation is 2. The maximum Gasteiger partial charge on any atom is 0.324 e. The minimum atomic E-state index is -0.584. The highest BCUT2D eigenvalue weighted by Gasteiger charge is 2.26. The molecular weight excluding hydrogens is 396 g/mol. The van der Waals surface area contributed by atoms with Crippen LogP contribution in [0.15, 0.2) is 48.7 Å². The van der Waals surface area contributed by atoms with Crippen LogP contribution in [-0.4, -0.2) is 16.0 Å². The van der Waals surface area contributed by atoms with Gasteiger partial charge in [0.25, 0.3) is 0 Å². The number of carbonyl (C=O) groups is 1. The van der Waals surface area contributed by atoms with E-state index in [0.717, 1.165) is 35.2 Å². The van der Waals surface area contributed by atoms with Crippen molar-refractivity contribution in [2.45, 2.75) is 46.5 Å². The normalized spacial score (nSPS) is 11.0. The first-order chi connectivity index (χ1) is 14.4. The summed E-state index contributed by atoms with van der Waals surface area (Å²) < 4.78 is 0. The molecular formula is C24H27ClN4O. The van der Waals surface area contributed by atoms with Crippen molar-refractivity contribution in [1.29, 1.82) is 0 Å². The van der Waals surface area contributed by atoms with Gasteiger partial charge in [-0.05, 0) is 30.0 Å². The molecule has 0 unspecified atom stereocenters. The third kappa shape index (κ3) is 4.17. The highest BCUT2D eigenvalue weighted by Crippen LogP contribution is 2.39. The summed E-state index contributed by atoms with van der Waals surface area (Å²) in [6.45, 7) is 8.17. The van der Waals surface area contributed by atoms with Crippen molar-refractivity contribution < 1.29 is 4.79 Å². The van der Waals surface area contributed by atoms with Crippen molar-refractivity contribution in [3.05, 3.63) is 70.6 Å². The number of carbonyl (C=O) groups excluding carboxylic acids is 1. The molecule has 0 aliphatic rings. The number of halogens is 1. The zero-order chi connectivity index (χ0) is 21.8. The van der Waals surface area contributed by atoms with E-state index in [2.05, 4.69) is 18.8 Å². The monoisotopic (exact) mass is 422 g/mol. The lowest BCUT2D eigenvalue weighted by Crippen LogP contribution is -2.34. The molecule has 0 bridgehead atoms. The van der Waals surface area contributed by atoms with Crippen LogP contribution in [-0.2, 0) is 12.8 Å². The number of amides is 2. The standard InChI is InChI=1S/C24H27ClN4O/c1-5-16-10-9-11-17(6-2)22(16)29(24(26)30)20-14-27-23(15(3)4)28-21(20)18-12-7-8-13-19(18)25/h7-15H,5-6H2,1-4H3,(H2,26,30). The molecule has 0 fully saturated rings. The molecule has 0 aliphatic carbocycles. The molecule has 156 valence electrons. The number of primary amides is 1. The Kier molecular flexibility index (Phi) is 6.73. The van der Waals surface area contributed by atoms with Crippen LogP contribution in [0.1, 0.15) is 50.6 Å². The Balaban J connectivity index is 2.35. The van der Waals surface area contributed by atoms with E-state index < -0.39 is 6.03 Å². The van der Waals surface area contributed by atoms with Crippen LogP contribution in [0.5, 0.6) is 0 Å². The van der Waals surface area contributed by atoms with Crippen molar-refractivity contribution in [3.63, 3.8) is 0 Å². The van der Waals surface area contributed by atoms with Gasteiger partial charge in [-0.1, -0.05) is 75.7 Å².